The molecule has 4 aliphatic rings. The van der Waals surface area contributed by atoms with Gasteiger partial charge in [-0.15, -0.1) is 0 Å². The van der Waals surface area contributed by atoms with Gasteiger partial charge in [0.05, 0.1) is 27.6 Å². The first-order chi connectivity index (χ1) is 26.1. The highest BCUT2D eigenvalue weighted by molar-refractivity contribution is 6.20. The molecule has 3 aromatic heterocycles. The second kappa shape index (κ2) is 10.6. The minimum absolute atomic E-state index is 0.0726. The van der Waals surface area contributed by atoms with Crippen LogP contribution in [0.15, 0.2) is 150 Å². The molecule has 3 heterocycles. The molecular weight excluding hydrogens is 643 g/mol. The molecule has 53 heavy (non-hydrogen) atoms. The normalized spacial score (nSPS) is 19.3. The van der Waals surface area contributed by atoms with Crippen molar-refractivity contribution in [2.75, 3.05) is 0 Å². The van der Waals surface area contributed by atoms with Crippen molar-refractivity contribution in [1.82, 2.24) is 14.0 Å². The Morgan fingerprint density at radius 1 is 0.717 bits per heavy atom. The Kier molecular flexibility index (Phi) is 5.91. The van der Waals surface area contributed by atoms with Gasteiger partial charge in [0, 0.05) is 44.1 Å². The Labute approximate surface area is 308 Å². The number of aromatic nitrogens is 3. The van der Waals surface area contributed by atoms with E-state index in [-0.39, 0.29) is 5.41 Å². The van der Waals surface area contributed by atoms with E-state index in [1.165, 1.54) is 94.5 Å². The van der Waals surface area contributed by atoms with E-state index in [1.54, 1.807) is 5.57 Å². The Bertz CT molecular complexity index is 3110. The average Bonchev–Trinajstić information content (AvgIpc) is 3.84. The number of hydrogen-bond acceptors (Lipinski definition) is 1. The van der Waals surface area contributed by atoms with Gasteiger partial charge in [-0.05, 0) is 102 Å². The highest BCUT2D eigenvalue weighted by Crippen LogP contribution is 2.56. The van der Waals surface area contributed by atoms with Crippen LogP contribution in [0, 0.1) is 5.41 Å². The summed E-state index contributed by atoms with van der Waals surface area (Å²) in [7, 11) is 0. The maximum atomic E-state index is 5.22. The number of para-hydroxylation sites is 4. The molecule has 8 aromatic rings. The Morgan fingerprint density at radius 2 is 1.45 bits per heavy atom. The zero-order valence-corrected chi connectivity index (χ0v) is 30.2. The van der Waals surface area contributed by atoms with E-state index in [9.17, 15) is 0 Å². The fraction of sp³-hybridized carbons (Fsp3) is 0.180. The minimum atomic E-state index is 0.0726. The number of pyridine rings is 1. The lowest BCUT2D eigenvalue weighted by molar-refractivity contribution is 0.532. The lowest BCUT2D eigenvalue weighted by Gasteiger charge is -2.29. The number of fused-ring (bicyclic) bond motifs is 15. The SMILES string of the molecule is CC1(C)C2=CC(c3cc4c5ccccc5n(C5=Cc6c(c7nc8ccccc8n7c7ccccc67)CC5)c4c4ccccc34)CC=C2C2=C1CCC=C2. The largest absolute Gasteiger partial charge is 0.312 e. The maximum absolute atomic E-state index is 5.22. The number of benzene rings is 5. The van der Waals surface area contributed by atoms with Crippen LogP contribution in [0.1, 0.15) is 62.1 Å². The summed E-state index contributed by atoms with van der Waals surface area (Å²) >= 11 is 0. The summed E-state index contributed by atoms with van der Waals surface area (Å²) in [5.41, 5.74) is 18.7. The van der Waals surface area contributed by atoms with Gasteiger partial charge in [-0.3, -0.25) is 4.40 Å². The Morgan fingerprint density at radius 3 is 2.32 bits per heavy atom. The third-order valence-corrected chi connectivity index (χ3v) is 13.0. The molecule has 254 valence electrons. The van der Waals surface area contributed by atoms with Crippen molar-refractivity contribution >= 4 is 71.9 Å². The third-order valence-electron chi connectivity index (χ3n) is 13.0. The standard InChI is InChI=1S/C50H39N3/c1-50(2)42-18-8-5-14-33(42)34-25-23-30(27-43(34)50)39-29-41-36-16-7-10-20-45(36)52(48(41)37-17-4-3-13-32(37)39)31-24-26-38-40(28-31)35-15-6-11-21-46(35)53-47-22-12-9-19-44(47)51-49(38)53/h3-7,9-17,19-22,25,27-30H,8,18,23-24,26H2,1-2H3. The van der Waals surface area contributed by atoms with Crippen LogP contribution in [-0.4, -0.2) is 14.0 Å². The minimum Gasteiger partial charge on any atom is -0.312 e. The van der Waals surface area contributed by atoms with E-state index in [4.69, 9.17) is 4.98 Å². The highest BCUT2D eigenvalue weighted by Gasteiger charge is 2.41. The van der Waals surface area contributed by atoms with E-state index >= 15 is 0 Å². The predicted molar refractivity (Wildman–Crippen MR) is 222 cm³/mol. The van der Waals surface area contributed by atoms with Gasteiger partial charge in [0.1, 0.15) is 5.65 Å². The Balaban J connectivity index is 1.09. The molecule has 1 atom stereocenters. The zero-order chi connectivity index (χ0) is 35.0. The molecule has 0 saturated carbocycles. The topological polar surface area (TPSA) is 22.2 Å². The fourth-order valence-corrected chi connectivity index (χ4v) is 10.6. The summed E-state index contributed by atoms with van der Waals surface area (Å²) in [5.74, 6) is 0.328. The first kappa shape index (κ1) is 29.6. The molecule has 0 bridgehead atoms. The molecule has 0 fully saturated rings. The molecule has 3 heteroatoms. The van der Waals surface area contributed by atoms with E-state index < -0.39 is 0 Å². The monoisotopic (exact) mass is 681 g/mol. The van der Waals surface area contributed by atoms with Gasteiger partial charge in [-0.1, -0.05) is 117 Å². The van der Waals surface area contributed by atoms with E-state index in [1.807, 2.05) is 0 Å². The second-order valence-corrected chi connectivity index (χ2v) is 16.1. The lowest BCUT2D eigenvalue weighted by Crippen LogP contribution is -2.16. The number of imidazole rings is 1. The molecule has 12 rings (SSSR count). The average molecular weight is 682 g/mol. The van der Waals surface area contributed by atoms with Crippen molar-refractivity contribution in [1.29, 1.82) is 0 Å². The summed E-state index contributed by atoms with van der Waals surface area (Å²) in [4.78, 5) is 5.22. The second-order valence-electron chi connectivity index (χ2n) is 16.1. The van der Waals surface area contributed by atoms with Crippen molar-refractivity contribution in [3.8, 4) is 0 Å². The molecule has 0 radical (unpaired) electrons. The third kappa shape index (κ3) is 3.92. The molecule has 0 aliphatic heterocycles. The molecule has 0 amide bonds. The molecular formula is C50H39N3. The van der Waals surface area contributed by atoms with Crippen LogP contribution in [0.4, 0.5) is 0 Å². The summed E-state index contributed by atoms with van der Waals surface area (Å²) in [6.07, 6.45) is 17.7. The van der Waals surface area contributed by atoms with Gasteiger partial charge < -0.3 is 4.57 Å². The molecule has 0 saturated heterocycles. The summed E-state index contributed by atoms with van der Waals surface area (Å²) in [6, 6.07) is 38.3. The van der Waals surface area contributed by atoms with Crippen molar-refractivity contribution in [2.24, 2.45) is 5.41 Å². The highest BCUT2D eigenvalue weighted by atomic mass is 15.0. The lowest BCUT2D eigenvalue weighted by atomic mass is 9.74. The molecule has 3 nitrogen and oxygen atoms in total. The van der Waals surface area contributed by atoms with Crippen molar-refractivity contribution in [3.63, 3.8) is 0 Å². The molecule has 0 spiro atoms. The molecule has 4 aliphatic carbocycles. The number of hydrogen-bond donors (Lipinski definition) is 0. The number of aryl methyl sites for hydroxylation is 1. The maximum Gasteiger partial charge on any atom is 0.142 e. The van der Waals surface area contributed by atoms with Gasteiger partial charge in [0.15, 0.2) is 0 Å². The smallest absolute Gasteiger partial charge is 0.142 e. The van der Waals surface area contributed by atoms with Crippen LogP contribution >= 0.6 is 0 Å². The van der Waals surface area contributed by atoms with Crippen LogP contribution in [0.3, 0.4) is 0 Å². The van der Waals surface area contributed by atoms with Gasteiger partial charge in [-0.25, -0.2) is 4.98 Å². The predicted octanol–water partition coefficient (Wildman–Crippen LogP) is 12.9. The van der Waals surface area contributed by atoms with Gasteiger partial charge in [0.2, 0.25) is 0 Å². The molecule has 5 aromatic carbocycles. The zero-order valence-electron chi connectivity index (χ0n) is 30.2. The van der Waals surface area contributed by atoms with Crippen molar-refractivity contribution in [2.45, 2.75) is 51.9 Å². The fourth-order valence-electron chi connectivity index (χ4n) is 10.6. The van der Waals surface area contributed by atoms with Gasteiger partial charge in [0.25, 0.3) is 0 Å². The number of allylic oxidation sites excluding steroid dienone is 9. The van der Waals surface area contributed by atoms with Crippen LogP contribution < -0.4 is 0 Å². The molecule has 1 unspecified atom stereocenters. The molecule has 0 N–H and O–H groups in total. The van der Waals surface area contributed by atoms with Crippen molar-refractivity contribution < 1.29 is 0 Å². The number of rotatable bonds is 2. The van der Waals surface area contributed by atoms with Crippen LogP contribution in [0.5, 0.6) is 0 Å². The summed E-state index contributed by atoms with van der Waals surface area (Å²) < 4.78 is 4.98. The first-order valence-corrected chi connectivity index (χ1v) is 19.4. The van der Waals surface area contributed by atoms with E-state index in [2.05, 4.69) is 156 Å². The van der Waals surface area contributed by atoms with Crippen LogP contribution in [0.25, 0.3) is 71.9 Å². The first-order valence-electron chi connectivity index (χ1n) is 19.4. The van der Waals surface area contributed by atoms with Crippen LogP contribution in [-0.2, 0) is 6.42 Å². The Hall–Kier alpha value is -5.93. The number of nitrogens with zero attached hydrogens (tertiary/aromatic N) is 3. The quantitative estimate of drug-likeness (QED) is 0.178. The van der Waals surface area contributed by atoms with Gasteiger partial charge >= 0.3 is 0 Å². The van der Waals surface area contributed by atoms with Crippen LogP contribution in [0.2, 0.25) is 0 Å². The van der Waals surface area contributed by atoms with Crippen molar-refractivity contribution in [3.05, 3.63) is 166 Å². The van der Waals surface area contributed by atoms with Gasteiger partial charge in [-0.2, -0.15) is 0 Å². The summed E-state index contributed by atoms with van der Waals surface area (Å²) in [5, 5.41) is 6.65. The summed E-state index contributed by atoms with van der Waals surface area (Å²) in [6.45, 7) is 4.90. The van der Waals surface area contributed by atoms with E-state index in [0.717, 1.165) is 36.8 Å². The van der Waals surface area contributed by atoms with E-state index in [0.29, 0.717) is 5.92 Å².